The first-order valence-corrected chi connectivity index (χ1v) is 15.8. The van der Waals surface area contributed by atoms with E-state index in [2.05, 4.69) is 30.1 Å². The highest BCUT2D eigenvalue weighted by molar-refractivity contribution is 7.17. The van der Waals surface area contributed by atoms with Crippen LogP contribution in [-0.2, 0) is 9.47 Å². The summed E-state index contributed by atoms with van der Waals surface area (Å²) in [5.74, 6) is 0.0395. The van der Waals surface area contributed by atoms with E-state index >= 15 is 0 Å². The molecule has 11 nitrogen and oxygen atoms in total. The first-order chi connectivity index (χ1) is 20.3. The number of piperidine rings is 2. The lowest BCUT2D eigenvalue weighted by molar-refractivity contribution is 0.0272. The number of thiazole rings is 1. The number of nitrogens with zero attached hydrogens (tertiary/aromatic N) is 5. The quantitative estimate of drug-likeness (QED) is 0.308. The number of rotatable bonds is 9. The summed E-state index contributed by atoms with van der Waals surface area (Å²) in [7, 11) is 0. The van der Waals surface area contributed by atoms with Gasteiger partial charge in [0.25, 0.3) is 5.91 Å². The number of esters is 1. The molecule has 1 amide bonds. The molecule has 3 aromatic heterocycles. The number of halogens is 2. The zero-order valence-electron chi connectivity index (χ0n) is 23.9. The molecule has 2 fully saturated rings. The molecule has 0 radical (unpaired) electrons. The summed E-state index contributed by atoms with van der Waals surface area (Å²) < 4.78 is 11.4. The van der Waals surface area contributed by atoms with Gasteiger partial charge in [0.2, 0.25) is 0 Å². The lowest BCUT2D eigenvalue weighted by atomic mass is 10.0. The van der Waals surface area contributed by atoms with Gasteiger partial charge in [0.05, 0.1) is 41.2 Å². The zero-order valence-corrected chi connectivity index (χ0v) is 26.2. The second kappa shape index (κ2) is 13.6. The molecule has 2 saturated heterocycles. The van der Waals surface area contributed by atoms with Crippen molar-refractivity contribution >= 4 is 57.4 Å². The van der Waals surface area contributed by atoms with E-state index in [1.807, 2.05) is 6.92 Å². The van der Waals surface area contributed by atoms with E-state index in [0.717, 1.165) is 31.7 Å². The second-order valence-electron chi connectivity index (χ2n) is 10.3. The summed E-state index contributed by atoms with van der Waals surface area (Å²) in [5, 5.41) is 4.24. The van der Waals surface area contributed by atoms with E-state index in [4.69, 9.17) is 37.7 Å². The van der Waals surface area contributed by atoms with Crippen LogP contribution in [0.2, 0.25) is 10.0 Å². The Morgan fingerprint density at radius 2 is 1.86 bits per heavy atom. The highest BCUT2D eigenvalue weighted by Crippen LogP contribution is 2.35. The first kappa shape index (κ1) is 30.5. The maximum Gasteiger partial charge on any atom is 0.350 e. The number of hydrogen-bond acceptors (Lipinski definition) is 10. The van der Waals surface area contributed by atoms with Gasteiger partial charge in [-0.25, -0.2) is 19.7 Å². The minimum absolute atomic E-state index is 0.200. The molecular weight excluding hydrogens is 601 g/mol. The number of carbonyl (C=O) groups excluding carboxylic acids is 2. The fourth-order valence-corrected chi connectivity index (χ4v) is 6.71. The number of carbonyl (C=O) groups is 2. The Balaban J connectivity index is 1.35. The number of nitrogens with one attached hydrogen (secondary N) is 2. The van der Waals surface area contributed by atoms with Gasteiger partial charge in [0.15, 0.2) is 5.13 Å². The number of ether oxygens (including phenoxy) is 2. The third-order valence-corrected chi connectivity index (χ3v) is 9.49. The van der Waals surface area contributed by atoms with Crippen LogP contribution in [0.1, 0.15) is 65.4 Å². The number of aryl methyl sites for hydroxylation is 1. The van der Waals surface area contributed by atoms with Crippen molar-refractivity contribution in [1.82, 2.24) is 25.3 Å². The largest absolute Gasteiger partial charge is 0.462 e. The van der Waals surface area contributed by atoms with Crippen LogP contribution in [0.5, 0.6) is 0 Å². The van der Waals surface area contributed by atoms with E-state index < -0.39 is 5.97 Å². The predicted molar refractivity (Wildman–Crippen MR) is 164 cm³/mol. The van der Waals surface area contributed by atoms with Crippen molar-refractivity contribution in [2.24, 2.45) is 0 Å². The van der Waals surface area contributed by atoms with E-state index in [1.165, 1.54) is 17.8 Å². The molecule has 5 heterocycles. The summed E-state index contributed by atoms with van der Waals surface area (Å²) in [6, 6.07) is -0.260. The van der Waals surface area contributed by atoms with E-state index in [9.17, 15) is 9.59 Å². The van der Waals surface area contributed by atoms with E-state index in [-0.39, 0.29) is 35.4 Å². The third-order valence-electron chi connectivity index (χ3n) is 7.45. The normalized spacial score (nSPS) is 19.2. The van der Waals surface area contributed by atoms with Crippen molar-refractivity contribution in [2.75, 3.05) is 49.2 Å². The van der Waals surface area contributed by atoms with Crippen LogP contribution in [0.3, 0.4) is 0 Å². The molecule has 0 aromatic carbocycles. The minimum atomic E-state index is -0.446. The first-order valence-electron chi connectivity index (χ1n) is 14.3. The van der Waals surface area contributed by atoms with Gasteiger partial charge < -0.3 is 29.6 Å². The van der Waals surface area contributed by atoms with Crippen molar-refractivity contribution in [3.63, 3.8) is 0 Å². The van der Waals surface area contributed by atoms with Gasteiger partial charge in [-0.1, -0.05) is 34.5 Å². The number of hydrogen-bond donors (Lipinski definition) is 2. The maximum absolute atomic E-state index is 13.0. The smallest absolute Gasteiger partial charge is 0.350 e. The molecule has 3 aromatic rings. The van der Waals surface area contributed by atoms with Gasteiger partial charge in [-0.05, 0) is 46.5 Å². The van der Waals surface area contributed by atoms with Crippen LogP contribution in [-0.4, -0.2) is 83.4 Å². The van der Waals surface area contributed by atoms with Gasteiger partial charge in [-0.15, -0.1) is 0 Å². The van der Waals surface area contributed by atoms with E-state index in [0.29, 0.717) is 58.2 Å². The molecule has 2 aliphatic rings. The van der Waals surface area contributed by atoms with Crippen LogP contribution >= 0.6 is 34.5 Å². The third kappa shape index (κ3) is 6.51. The molecule has 0 unspecified atom stereocenters. The standard InChI is InChI=1S/C28H35Cl2N7O4S/c1-4-40-19-15-37(12-9-17(19)34-26(38)24-22(30)21(29)16(3)33-24)28-35-23(25(42-28)27(39)41-5-2)18-13-32-20(14-31-18)36-10-7-6-8-11-36/h13-14,17,19,33H,4-12,15H2,1-3H3,(H,34,38)/t17-,19-/m1/s1. The Morgan fingerprint density at radius 1 is 1.07 bits per heavy atom. The van der Waals surface area contributed by atoms with Crippen molar-refractivity contribution in [3.8, 4) is 11.4 Å². The topological polar surface area (TPSA) is 126 Å². The Labute approximate surface area is 258 Å². The number of aromatic nitrogens is 4. The summed E-state index contributed by atoms with van der Waals surface area (Å²) in [6.07, 6.45) is 7.21. The predicted octanol–water partition coefficient (Wildman–Crippen LogP) is 5.12. The molecule has 0 saturated carbocycles. The summed E-state index contributed by atoms with van der Waals surface area (Å²) in [6.45, 7) is 9.13. The Kier molecular flexibility index (Phi) is 9.87. The molecule has 2 aliphatic heterocycles. The number of aromatic amines is 1. The highest BCUT2D eigenvalue weighted by Gasteiger charge is 2.34. The Bertz CT molecular complexity index is 1410. The fraction of sp³-hybridized carbons (Fsp3) is 0.536. The van der Waals surface area contributed by atoms with Crippen LogP contribution in [0.4, 0.5) is 10.9 Å². The van der Waals surface area contributed by atoms with Crippen molar-refractivity contribution in [3.05, 3.63) is 38.7 Å². The molecule has 226 valence electrons. The molecule has 0 bridgehead atoms. The number of anilines is 2. The SMILES string of the molecule is CCOC(=O)c1sc(N2CC[C@@H](NC(=O)c3[nH]c(C)c(Cl)c3Cl)[C@H](OCC)C2)nc1-c1cnc(N2CCCCC2)cn1. The van der Waals surface area contributed by atoms with Crippen LogP contribution < -0.4 is 15.1 Å². The summed E-state index contributed by atoms with van der Waals surface area (Å²) in [5.41, 5.74) is 1.82. The summed E-state index contributed by atoms with van der Waals surface area (Å²) >= 11 is 13.7. The zero-order chi connectivity index (χ0) is 29.8. The average Bonchev–Trinajstić information content (AvgIpc) is 3.56. The molecule has 2 N–H and O–H groups in total. The molecule has 0 spiro atoms. The minimum Gasteiger partial charge on any atom is -0.462 e. The van der Waals surface area contributed by atoms with Crippen LogP contribution in [0.25, 0.3) is 11.4 Å². The molecule has 2 atom stereocenters. The Morgan fingerprint density at radius 3 is 2.50 bits per heavy atom. The number of amides is 1. The van der Waals surface area contributed by atoms with Gasteiger partial charge >= 0.3 is 5.97 Å². The van der Waals surface area contributed by atoms with Gasteiger partial charge in [0, 0.05) is 38.5 Å². The molecular formula is C28H35Cl2N7O4S. The highest BCUT2D eigenvalue weighted by atomic mass is 35.5. The average molecular weight is 637 g/mol. The van der Waals surface area contributed by atoms with Crippen molar-refractivity contribution in [1.29, 1.82) is 0 Å². The van der Waals surface area contributed by atoms with E-state index in [1.54, 1.807) is 26.2 Å². The summed E-state index contributed by atoms with van der Waals surface area (Å²) in [4.78, 5) is 47.8. The lowest BCUT2D eigenvalue weighted by Crippen LogP contribution is -2.55. The molecule has 42 heavy (non-hydrogen) atoms. The van der Waals surface area contributed by atoms with Crippen molar-refractivity contribution < 1.29 is 19.1 Å². The molecule has 5 rings (SSSR count). The van der Waals surface area contributed by atoms with Crippen LogP contribution in [0, 0.1) is 6.92 Å². The number of H-pyrrole nitrogens is 1. The van der Waals surface area contributed by atoms with Gasteiger partial charge in [-0.2, -0.15) is 0 Å². The molecule has 0 aliphatic carbocycles. The molecule has 14 heteroatoms. The lowest BCUT2D eigenvalue weighted by Gasteiger charge is -2.38. The van der Waals surface area contributed by atoms with Gasteiger partial charge in [0.1, 0.15) is 27.8 Å². The second-order valence-corrected chi connectivity index (χ2v) is 12.0. The van der Waals surface area contributed by atoms with Gasteiger partial charge in [-0.3, -0.25) is 4.79 Å². The maximum atomic E-state index is 13.0. The van der Waals surface area contributed by atoms with Crippen LogP contribution in [0.15, 0.2) is 12.4 Å². The fourth-order valence-electron chi connectivity index (χ4n) is 5.29. The Hall–Kier alpha value is -2.93. The van der Waals surface area contributed by atoms with Crippen molar-refractivity contribution in [2.45, 2.75) is 58.6 Å². The monoisotopic (exact) mass is 635 g/mol.